The Morgan fingerprint density at radius 1 is 1.53 bits per heavy atom. The average molecular weight is 252 g/mol. The molecule has 1 fully saturated rings. The lowest BCUT2D eigenvalue weighted by atomic mass is 10.0. The van der Waals surface area contributed by atoms with E-state index in [9.17, 15) is 9.90 Å². The Bertz CT molecular complexity index is 500. The second-order valence-corrected chi connectivity index (χ2v) is 5.48. The molecule has 1 aromatic carbocycles. The van der Waals surface area contributed by atoms with Crippen molar-refractivity contribution in [2.24, 2.45) is 11.8 Å². The largest absolute Gasteiger partial charge is 0.388 e. The predicted octanol–water partition coefficient (Wildman–Crippen LogP) is 2.52. The number of carbonyl (C=O) groups is 1. The molecule has 1 heterocycles. The SMILES string of the molecule is CC1CC1C(O)c1cc2c(cc1Cl)NC(=O)C2. The number of aliphatic hydroxyl groups excluding tert-OH is 1. The van der Waals surface area contributed by atoms with Gasteiger partial charge in [-0.3, -0.25) is 4.79 Å². The number of aliphatic hydroxyl groups is 1. The van der Waals surface area contributed by atoms with Gasteiger partial charge in [0.2, 0.25) is 5.91 Å². The zero-order valence-electron chi connectivity index (χ0n) is 9.53. The molecule has 1 amide bonds. The van der Waals surface area contributed by atoms with Gasteiger partial charge in [0.15, 0.2) is 0 Å². The highest BCUT2D eigenvalue weighted by molar-refractivity contribution is 6.32. The second kappa shape index (κ2) is 3.72. The van der Waals surface area contributed by atoms with E-state index in [1.54, 1.807) is 6.07 Å². The predicted molar refractivity (Wildman–Crippen MR) is 66.0 cm³/mol. The first-order valence-corrected chi connectivity index (χ1v) is 6.24. The van der Waals surface area contributed by atoms with E-state index >= 15 is 0 Å². The Morgan fingerprint density at radius 2 is 2.24 bits per heavy atom. The first kappa shape index (κ1) is 11.1. The van der Waals surface area contributed by atoms with E-state index in [4.69, 9.17) is 11.6 Å². The van der Waals surface area contributed by atoms with Crippen LogP contribution in [0, 0.1) is 11.8 Å². The van der Waals surface area contributed by atoms with Gasteiger partial charge in [-0.1, -0.05) is 18.5 Å². The highest BCUT2D eigenvalue weighted by Gasteiger charge is 2.40. The monoisotopic (exact) mass is 251 g/mol. The fraction of sp³-hybridized carbons (Fsp3) is 0.462. The maximum Gasteiger partial charge on any atom is 0.228 e. The van der Waals surface area contributed by atoms with Crippen LogP contribution in [0.4, 0.5) is 5.69 Å². The average Bonchev–Trinajstić information content (AvgIpc) is 2.87. The Balaban J connectivity index is 1.95. The number of fused-ring (bicyclic) bond motifs is 1. The lowest BCUT2D eigenvalue weighted by Gasteiger charge is -2.14. The van der Waals surface area contributed by atoms with E-state index in [-0.39, 0.29) is 5.91 Å². The van der Waals surface area contributed by atoms with E-state index in [2.05, 4.69) is 12.2 Å². The molecule has 0 bridgehead atoms. The lowest BCUT2D eigenvalue weighted by molar-refractivity contribution is -0.115. The number of benzene rings is 1. The first-order valence-electron chi connectivity index (χ1n) is 5.86. The molecule has 3 unspecified atom stereocenters. The number of anilines is 1. The molecule has 3 atom stereocenters. The van der Waals surface area contributed by atoms with Gasteiger partial charge < -0.3 is 10.4 Å². The molecule has 4 heteroatoms. The third-order valence-corrected chi connectivity index (χ3v) is 4.07. The van der Waals surface area contributed by atoms with Crippen LogP contribution in [-0.2, 0) is 11.2 Å². The Morgan fingerprint density at radius 3 is 2.88 bits per heavy atom. The van der Waals surface area contributed by atoms with Crippen molar-refractivity contribution in [3.05, 3.63) is 28.3 Å². The summed E-state index contributed by atoms with van der Waals surface area (Å²) in [5.74, 6) is 0.868. The number of halogens is 1. The van der Waals surface area contributed by atoms with Crippen LogP contribution in [0.1, 0.15) is 30.6 Å². The molecule has 1 aliphatic carbocycles. The van der Waals surface area contributed by atoms with E-state index < -0.39 is 6.10 Å². The topological polar surface area (TPSA) is 49.3 Å². The molecular weight excluding hydrogens is 238 g/mol. The fourth-order valence-corrected chi connectivity index (χ4v) is 2.79. The summed E-state index contributed by atoms with van der Waals surface area (Å²) < 4.78 is 0. The Kier molecular flexibility index (Phi) is 2.42. The molecule has 2 aliphatic rings. The molecule has 0 radical (unpaired) electrons. The molecule has 90 valence electrons. The maximum absolute atomic E-state index is 11.3. The second-order valence-electron chi connectivity index (χ2n) is 5.08. The van der Waals surface area contributed by atoms with Gasteiger partial charge >= 0.3 is 0 Å². The molecule has 1 aromatic rings. The van der Waals surface area contributed by atoms with Crippen LogP contribution in [0.15, 0.2) is 12.1 Å². The molecule has 3 nitrogen and oxygen atoms in total. The quantitative estimate of drug-likeness (QED) is 0.849. The van der Waals surface area contributed by atoms with Gasteiger partial charge in [0.05, 0.1) is 12.5 Å². The van der Waals surface area contributed by atoms with Crippen molar-refractivity contribution in [1.82, 2.24) is 0 Å². The molecular formula is C13H14ClNO2. The van der Waals surface area contributed by atoms with Crippen molar-refractivity contribution in [3.63, 3.8) is 0 Å². The molecule has 2 N–H and O–H groups in total. The standard InChI is InChI=1S/C13H14ClNO2/c1-6-2-8(6)13(17)9-3-7-4-12(16)15-11(7)5-10(9)14/h3,5-6,8,13,17H,2,4H2,1H3,(H,15,16). The lowest BCUT2D eigenvalue weighted by Crippen LogP contribution is -2.03. The van der Waals surface area contributed by atoms with E-state index in [0.29, 0.717) is 23.3 Å². The van der Waals surface area contributed by atoms with E-state index in [1.807, 2.05) is 6.07 Å². The van der Waals surface area contributed by atoms with Crippen molar-refractivity contribution < 1.29 is 9.90 Å². The summed E-state index contributed by atoms with van der Waals surface area (Å²) in [5.41, 5.74) is 2.47. The number of amides is 1. The van der Waals surface area contributed by atoms with Crippen molar-refractivity contribution in [2.45, 2.75) is 25.9 Å². The summed E-state index contributed by atoms with van der Waals surface area (Å²) in [4.78, 5) is 11.3. The summed E-state index contributed by atoms with van der Waals surface area (Å²) in [7, 11) is 0. The molecule has 1 saturated carbocycles. The number of rotatable bonds is 2. The van der Waals surface area contributed by atoms with Crippen LogP contribution >= 0.6 is 11.6 Å². The summed E-state index contributed by atoms with van der Waals surface area (Å²) in [6.45, 7) is 2.13. The summed E-state index contributed by atoms with van der Waals surface area (Å²) in [6, 6.07) is 3.61. The van der Waals surface area contributed by atoms with Gasteiger partial charge in [0, 0.05) is 10.7 Å². The molecule has 3 rings (SSSR count). The van der Waals surface area contributed by atoms with Gasteiger partial charge in [0.1, 0.15) is 0 Å². The summed E-state index contributed by atoms with van der Waals surface area (Å²) >= 11 is 6.16. The fourth-order valence-electron chi connectivity index (χ4n) is 2.52. The van der Waals surface area contributed by atoms with Crippen LogP contribution in [0.3, 0.4) is 0 Å². The number of hydrogen-bond acceptors (Lipinski definition) is 2. The third-order valence-electron chi connectivity index (χ3n) is 3.74. The van der Waals surface area contributed by atoms with Gasteiger partial charge in [-0.15, -0.1) is 0 Å². The molecule has 17 heavy (non-hydrogen) atoms. The third kappa shape index (κ3) is 1.83. The Labute approximate surface area is 105 Å². The number of nitrogens with one attached hydrogen (secondary N) is 1. The zero-order chi connectivity index (χ0) is 12.2. The smallest absolute Gasteiger partial charge is 0.228 e. The van der Waals surface area contributed by atoms with Crippen LogP contribution < -0.4 is 5.32 Å². The minimum atomic E-state index is -0.501. The minimum absolute atomic E-state index is 0.0116. The molecule has 0 spiro atoms. The van der Waals surface area contributed by atoms with Crippen LogP contribution in [0.25, 0.3) is 0 Å². The van der Waals surface area contributed by atoms with Gasteiger partial charge in [-0.05, 0) is 41.5 Å². The first-order chi connectivity index (χ1) is 8.06. The van der Waals surface area contributed by atoms with Crippen molar-refractivity contribution in [2.75, 3.05) is 5.32 Å². The summed E-state index contributed by atoms with van der Waals surface area (Å²) in [5, 5.41) is 13.5. The molecule has 0 saturated heterocycles. The number of hydrogen-bond donors (Lipinski definition) is 2. The zero-order valence-corrected chi connectivity index (χ0v) is 10.3. The van der Waals surface area contributed by atoms with E-state index in [1.165, 1.54) is 0 Å². The van der Waals surface area contributed by atoms with E-state index in [0.717, 1.165) is 23.2 Å². The minimum Gasteiger partial charge on any atom is -0.388 e. The van der Waals surface area contributed by atoms with Gasteiger partial charge in [-0.25, -0.2) is 0 Å². The van der Waals surface area contributed by atoms with Crippen molar-refractivity contribution in [1.29, 1.82) is 0 Å². The summed E-state index contributed by atoms with van der Waals surface area (Å²) in [6.07, 6.45) is 0.927. The maximum atomic E-state index is 11.3. The van der Waals surface area contributed by atoms with Crippen molar-refractivity contribution in [3.8, 4) is 0 Å². The van der Waals surface area contributed by atoms with Gasteiger partial charge in [-0.2, -0.15) is 0 Å². The number of carbonyl (C=O) groups excluding carboxylic acids is 1. The highest BCUT2D eigenvalue weighted by Crippen LogP contribution is 2.48. The van der Waals surface area contributed by atoms with Crippen molar-refractivity contribution >= 4 is 23.2 Å². The Hall–Kier alpha value is -1.06. The van der Waals surface area contributed by atoms with Gasteiger partial charge in [0.25, 0.3) is 0 Å². The van der Waals surface area contributed by atoms with Crippen LogP contribution in [-0.4, -0.2) is 11.0 Å². The molecule has 0 aromatic heterocycles. The van der Waals surface area contributed by atoms with Crippen LogP contribution in [0.2, 0.25) is 5.02 Å². The highest BCUT2D eigenvalue weighted by atomic mass is 35.5. The van der Waals surface area contributed by atoms with Crippen LogP contribution in [0.5, 0.6) is 0 Å². The molecule has 1 aliphatic heterocycles. The normalized spacial score (nSPS) is 27.6.